The number of hydrogen-bond acceptors (Lipinski definition) is 3. The van der Waals surface area contributed by atoms with Gasteiger partial charge in [0.05, 0.1) is 5.75 Å². The first-order valence-corrected chi connectivity index (χ1v) is 6.15. The van der Waals surface area contributed by atoms with Crippen molar-refractivity contribution in [2.45, 2.75) is 17.7 Å². The summed E-state index contributed by atoms with van der Waals surface area (Å²) in [6.45, 7) is 1.88. The van der Waals surface area contributed by atoms with Gasteiger partial charge in [0.1, 0.15) is 0 Å². The molecule has 1 aliphatic heterocycles. The molecule has 0 atom stereocenters. The van der Waals surface area contributed by atoms with Crippen LogP contribution in [0.2, 0.25) is 0 Å². The number of rotatable bonds is 3. The minimum atomic E-state index is 0.259. The Hall–Kier alpha value is -1.03. The summed E-state index contributed by atoms with van der Waals surface area (Å²) in [5, 5.41) is 0. The lowest BCUT2D eigenvalue weighted by atomic mass is 10.4. The number of nitrogens with zero attached hydrogens (tertiary/aromatic N) is 2. The minimum Gasteiger partial charge on any atom is -0.342 e. The van der Waals surface area contributed by atoms with Crippen LogP contribution in [0.15, 0.2) is 29.4 Å². The standard InChI is InChI=1S/C11H14N2OS/c14-11(13-7-1-2-8-13)9-15-10-3-5-12-6-4-10/h3-6H,1-2,7-9H2. The Kier molecular flexibility index (Phi) is 3.61. The molecule has 0 spiro atoms. The fraction of sp³-hybridized carbons (Fsp3) is 0.455. The topological polar surface area (TPSA) is 33.2 Å². The minimum absolute atomic E-state index is 0.259. The second kappa shape index (κ2) is 5.16. The van der Waals surface area contributed by atoms with Gasteiger partial charge in [-0.2, -0.15) is 0 Å². The molecule has 1 aliphatic rings. The second-order valence-corrected chi connectivity index (χ2v) is 4.61. The molecule has 0 bridgehead atoms. The van der Waals surface area contributed by atoms with Gasteiger partial charge in [-0.05, 0) is 25.0 Å². The molecule has 1 aromatic rings. The van der Waals surface area contributed by atoms with Gasteiger partial charge in [-0.1, -0.05) is 0 Å². The third kappa shape index (κ3) is 2.96. The van der Waals surface area contributed by atoms with Crippen LogP contribution in [-0.4, -0.2) is 34.6 Å². The summed E-state index contributed by atoms with van der Waals surface area (Å²) in [6, 6.07) is 3.86. The molecule has 0 radical (unpaired) electrons. The highest BCUT2D eigenvalue weighted by molar-refractivity contribution is 8.00. The summed E-state index contributed by atoms with van der Waals surface area (Å²) < 4.78 is 0. The Morgan fingerprint density at radius 1 is 1.33 bits per heavy atom. The van der Waals surface area contributed by atoms with E-state index >= 15 is 0 Å². The Morgan fingerprint density at radius 2 is 2.00 bits per heavy atom. The summed E-state index contributed by atoms with van der Waals surface area (Å²) >= 11 is 1.58. The fourth-order valence-corrected chi connectivity index (χ4v) is 2.42. The van der Waals surface area contributed by atoms with E-state index in [1.54, 1.807) is 24.2 Å². The molecular formula is C11H14N2OS. The molecule has 80 valence electrons. The number of carbonyl (C=O) groups is 1. The van der Waals surface area contributed by atoms with Gasteiger partial charge < -0.3 is 4.90 Å². The molecule has 0 aliphatic carbocycles. The number of pyridine rings is 1. The number of thioether (sulfide) groups is 1. The summed E-state index contributed by atoms with van der Waals surface area (Å²) in [5.74, 6) is 0.804. The quantitative estimate of drug-likeness (QED) is 0.731. The molecule has 2 heterocycles. The predicted molar refractivity (Wildman–Crippen MR) is 60.8 cm³/mol. The maximum atomic E-state index is 11.7. The average Bonchev–Trinajstić information content (AvgIpc) is 2.81. The molecule has 0 aromatic carbocycles. The van der Waals surface area contributed by atoms with E-state index in [-0.39, 0.29) is 5.91 Å². The number of hydrogen-bond donors (Lipinski definition) is 0. The molecule has 2 rings (SSSR count). The van der Waals surface area contributed by atoms with Crippen LogP contribution in [0.1, 0.15) is 12.8 Å². The van der Waals surface area contributed by atoms with Crippen LogP contribution in [0.5, 0.6) is 0 Å². The van der Waals surface area contributed by atoms with Crippen molar-refractivity contribution in [3.05, 3.63) is 24.5 Å². The van der Waals surface area contributed by atoms with E-state index < -0.39 is 0 Å². The van der Waals surface area contributed by atoms with Crippen molar-refractivity contribution < 1.29 is 4.79 Å². The SMILES string of the molecule is O=C(CSc1ccncc1)N1CCCC1. The van der Waals surface area contributed by atoms with Gasteiger partial charge >= 0.3 is 0 Å². The van der Waals surface area contributed by atoms with Crippen molar-refractivity contribution >= 4 is 17.7 Å². The van der Waals surface area contributed by atoms with Gasteiger partial charge in [-0.25, -0.2) is 0 Å². The Balaban J connectivity index is 1.80. The van der Waals surface area contributed by atoms with Gasteiger partial charge in [0.25, 0.3) is 0 Å². The highest BCUT2D eigenvalue weighted by Gasteiger charge is 2.17. The number of amides is 1. The molecule has 3 nitrogen and oxygen atoms in total. The van der Waals surface area contributed by atoms with E-state index in [1.807, 2.05) is 17.0 Å². The summed E-state index contributed by atoms with van der Waals surface area (Å²) in [4.78, 5) is 18.7. The zero-order valence-corrected chi connectivity index (χ0v) is 9.37. The van der Waals surface area contributed by atoms with E-state index in [2.05, 4.69) is 4.98 Å². The summed E-state index contributed by atoms with van der Waals surface area (Å²) in [5.41, 5.74) is 0. The summed E-state index contributed by atoms with van der Waals surface area (Å²) in [6.07, 6.45) is 5.82. The first-order valence-electron chi connectivity index (χ1n) is 5.17. The van der Waals surface area contributed by atoms with Crippen molar-refractivity contribution in [2.75, 3.05) is 18.8 Å². The monoisotopic (exact) mass is 222 g/mol. The smallest absolute Gasteiger partial charge is 0.232 e. The number of likely N-dealkylation sites (tertiary alicyclic amines) is 1. The molecule has 1 amide bonds. The lowest BCUT2D eigenvalue weighted by Crippen LogP contribution is -2.29. The predicted octanol–water partition coefficient (Wildman–Crippen LogP) is 1.80. The highest BCUT2D eigenvalue weighted by Crippen LogP contribution is 2.18. The molecule has 0 unspecified atom stereocenters. The lowest BCUT2D eigenvalue weighted by Gasteiger charge is -2.14. The molecule has 4 heteroatoms. The molecule has 1 aromatic heterocycles. The fourth-order valence-electron chi connectivity index (χ4n) is 1.64. The van der Waals surface area contributed by atoms with Crippen LogP contribution < -0.4 is 0 Å². The van der Waals surface area contributed by atoms with Gasteiger partial charge in [0.2, 0.25) is 5.91 Å². The van der Waals surface area contributed by atoms with Crippen molar-refractivity contribution in [3.8, 4) is 0 Å². The third-order valence-electron chi connectivity index (χ3n) is 2.47. The van der Waals surface area contributed by atoms with Crippen LogP contribution in [0.25, 0.3) is 0 Å². The number of aromatic nitrogens is 1. The van der Waals surface area contributed by atoms with Crippen LogP contribution in [-0.2, 0) is 4.79 Å². The second-order valence-electron chi connectivity index (χ2n) is 3.56. The molecular weight excluding hydrogens is 208 g/mol. The third-order valence-corrected chi connectivity index (χ3v) is 3.47. The van der Waals surface area contributed by atoms with E-state index in [1.165, 1.54) is 0 Å². The zero-order chi connectivity index (χ0) is 10.5. The normalized spacial score (nSPS) is 15.6. The molecule has 0 N–H and O–H groups in total. The number of carbonyl (C=O) groups excluding carboxylic acids is 1. The van der Waals surface area contributed by atoms with Crippen molar-refractivity contribution in [3.63, 3.8) is 0 Å². The van der Waals surface area contributed by atoms with Crippen LogP contribution in [0, 0.1) is 0 Å². The van der Waals surface area contributed by atoms with Gasteiger partial charge in [0.15, 0.2) is 0 Å². The first-order chi connectivity index (χ1) is 7.36. The van der Waals surface area contributed by atoms with E-state index in [0.29, 0.717) is 5.75 Å². The maximum Gasteiger partial charge on any atom is 0.232 e. The molecule has 0 saturated carbocycles. The largest absolute Gasteiger partial charge is 0.342 e. The Labute approximate surface area is 93.9 Å². The summed E-state index contributed by atoms with van der Waals surface area (Å²) in [7, 11) is 0. The van der Waals surface area contributed by atoms with Gasteiger partial charge in [0, 0.05) is 30.4 Å². The Bertz CT molecular complexity index is 323. The maximum absolute atomic E-state index is 11.7. The van der Waals surface area contributed by atoms with Crippen molar-refractivity contribution in [2.24, 2.45) is 0 Å². The molecule has 1 saturated heterocycles. The van der Waals surface area contributed by atoms with E-state index in [0.717, 1.165) is 30.8 Å². The van der Waals surface area contributed by atoms with Crippen molar-refractivity contribution in [1.82, 2.24) is 9.88 Å². The molecule has 1 fully saturated rings. The van der Waals surface area contributed by atoms with Crippen LogP contribution in [0.3, 0.4) is 0 Å². The average molecular weight is 222 g/mol. The first kappa shape index (κ1) is 10.5. The van der Waals surface area contributed by atoms with Gasteiger partial charge in [-0.3, -0.25) is 9.78 Å². The van der Waals surface area contributed by atoms with Gasteiger partial charge in [-0.15, -0.1) is 11.8 Å². The van der Waals surface area contributed by atoms with Crippen LogP contribution in [0.4, 0.5) is 0 Å². The van der Waals surface area contributed by atoms with Crippen LogP contribution >= 0.6 is 11.8 Å². The Morgan fingerprint density at radius 3 is 2.67 bits per heavy atom. The zero-order valence-electron chi connectivity index (χ0n) is 8.56. The van der Waals surface area contributed by atoms with E-state index in [4.69, 9.17) is 0 Å². The van der Waals surface area contributed by atoms with E-state index in [9.17, 15) is 4.79 Å². The highest BCUT2D eigenvalue weighted by atomic mass is 32.2. The lowest BCUT2D eigenvalue weighted by molar-refractivity contribution is -0.127. The molecule has 15 heavy (non-hydrogen) atoms. The van der Waals surface area contributed by atoms with Crippen molar-refractivity contribution in [1.29, 1.82) is 0 Å².